The van der Waals surface area contributed by atoms with Crippen LogP contribution in [0.1, 0.15) is 0 Å². The largest absolute Gasteiger partial charge is 0.497 e. The Morgan fingerprint density at radius 3 is 2.57 bits per heavy atom. The summed E-state index contributed by atoms with van der Waals surface area (Å²) in [5, 5.41) is 5.71. The first kappa shape index (κ1) is 15.1. The topological polar surface area (TPSA) is 50.4 Å². The van der Waals surface area contributed by atoms with Crippen molar-refractivity contribution in [2.75, 3.05) is 24.3 Å². The molecular weight excluding hydrogens is 295 g/mol. The Morgan fingerprint density at radius 1 is 1.24 bits per heavy atom. The molecule has 1 amide bonds. The first-order chi connectivity index (χ1) is 10.1. The summed E-state index contributed by atoms with van der Waals surface area (Å²) in [6, 6.07) is 11.1. The number of anilines is 2. The molecule has 0 fully saturated rings. The van der Waals surface area contributed by atoms with Gasteiger partial charge in [0.2, 0.25) is 5.91 Å². The molecule has 0 heterocycles. The summed E-state index contributed by atoms with van der Waals surface area (Å²) >= 11 is 5.65. The van der Waals surface area contributed by atoms with Crippen molar-refractivity contribution in [3.63, 3.8) is 0 Å². The van der Waals surface area contributed by atoms with Gasteiger partial charge in [-0.1, -0.05) is 11.6 Å². The molecule has 0 aromatic heterocycles. The number of halogens is 2. The lowest BCUT2D eigenvalue weighted by Gasteiger charge is -2.09. The lowest BCUT2D eigenvalue weighted by molar-refractivity contribution is -0.114. The monoisotopic (exact) mass is 308 g/mol. The number of carbonyl (C=O) groups excluding carboxylic acids is 1. The van der Waals surface area contributed by atoms with Gasteiger partial charge in [0, 0.05) is 10.7 Å². The molecule has 110 valence electrons. The molecule has 0 aliphatic rings. The number of rotatable bonds is 5. The van der Waals surface area contributed by atoms with Gasteiger partial charge in [0.15, 0.2) is 0 Å². The molecule has 2 aromatic carbocycles. The van der Waals surface area contributed by atoms with Crippen LogP contribution in [0, 0.1) is 5.82 Å². The normalized spacial score (nSPS) is 10.0. The summed E-state index contributed by atoms with van der Waals surface area (Å²) in [5.41, 5.74) is 0.864. The highest BCUT2D eigenvalue weighted by Crippen LogP contribution is 2.19. The van der Waals surface area contributed by atoms with Gasteiger partial charge in [-0.25, -0.2) is 4.39 Å². The van der Waals surface area contributed by atoms with Gasteiger partial charge >= 0.3 is 0 Å². The number of nitrogens with one attached hydrogen (secondary N) is 2. The van der Waals surface area contributed by atoms with Gasteiger partial charge in [0.25, 0.3) is 0 Å². The molecule has 6 heteroatoms. The molecule has 2 aromatic rings. The molecule has 2 rings (SSSR count). The zero-order chi connectivity index (χ0) is 15.2. The maximum atomic E-state index is 13.5. The fraction of sp³-hybridized carbons (Fsp3) is 0.133. The number of amides is 1. The van der Waals surface area contributed by atoms with Crippen molar-refractivity contribution in [1.82, 2.24) is 0 Å². The minimum atomic E-state index is -0.500. The average Bonchev–Trinajstić information content (AvgIpc) is 2.47. The zero-order valence-corrected chi connectivity index (χ0v) is 12.1. The van der Waals surface area contributed by atoms with Crippen LogP contribution in [0.25, 0.3) is 0 Å². The molecule has 0 aliphatic heterocycles. The van der Waals surface area contributed by atoms with E-state index in [4.69, 9.17) is 16.3 Å². The van der Waals surface area contributed by atoms with E-state index in [0.717, 1.165) is 0 Å². The molecule has 0 aliphatic carbocycles. The summed E-state index contributed by atoms with van der Waals surface area (Å²) in [7, 11) is 1.57. The van der Waals surface area contributed by atoms with Crippen molar-refractivity contribution < 1.29 is 13.9 Å². The quantitative estimate of drug-likeness (QED) is 0.888. The smallest absolute Gasteiger partial charge is 0.243 e. The van der Waals surface area contributed by atoms with Gasteiger partial charge in [0.1, 0.15) is 11.6 Å². The molecular formula is C15H14ClFN2O2. The Morgan fingerprint density at radius 2 is 1.95 bits per heavy atom. The third-order valence-electron chi connectivity index (χ3n) is 2.74. The van der Waals surface area contributed by atoms with E-state index in [9.17, 15) is 9.18 Å². The van der Waals surface area contributed by atoms with Crippen molar-refractivity contribution in [1.29, 1.82) is 0 Å². The molecule has 0 atom stereocenters. The van der Waals surface area contributed by atoms with Crippen LogP contribution in [-0.4, -0.2) is 19.6 Å². The molecule has 0 unspecified atom stereocenters. The van der Waals surface area contributed by atoms with Crippen molar-refractivity contribution in [3.05, 3.63) is 53.3 Å². The highest BCUT2D eigenvalue weighted by Gasteiger charge is 2.06. The summed E-state index contributed by atoms with van der Waals surface area (Å²) in [5.74, 6) is -0.0800. The van der Waals surface area contributed by atoms with E-state index in [2.05, 4.69) is 10.6 Å². The van der Waals surface area contributed by atoms with E-state index in [1.807, 2.05) is 0 Å². The minimum absolute atomic E-state index is 0.0510. The molecule has 0 saturated carbocycles. The number of methoxy groups -OCH3 is 1. The second-order valence-corrected chi connectivity index (χ2v) is 4.69. The van der Waals surface area contributed by atoms with Gasteiger partial charge in [-0.05, 0) is 42.5 Å². The van der Waals surface area contributed by atoms with Crippen molar-refractivity contribution in [2.45, 2.75) is 0 Å². The van der Waals surface area contributed by atoms with Gasteiger partial charge < -0.3 is 15.4 Å². The third kappa shape index (κ3) is 4.36. The maximum Gasteiger partial charge on any atom is 0.243 e. The van der Waals surface area contributed by atoms with E-state index < -0.39 is 5.82 Å². The van der Waals surface area contributed by atoms with Crippen LogP contribution < -0.4 is 15.4 Å². The van der Waals surface area contributed by atoms with Crippen molar-refractivity contribution >= 4 is 28.9 Å². The Hall–Kier alpha value is -2.27. The van der Waals surface area contributed by atoms with Gasteiger partial charge in [-0.15, -0.1) is 0 Å². The predicted octanol–water partition coefficient (Wildman–Crippen LogP) is 3.54. The zero-order valence-electron chi connectivity index (χ0n) is 11.3. The standard InChI is InChI=1S/C15H14ClFN2O2/c1-21-12-5-3-11(4-6-12)19-15(20)9-18-14-7-2-10(16)8-13(14)17/h2-8,18H,9H2,1H3,(H,19,20). The van der Waals surface area contributed by atoms with E-state index >= 15 is 0 Å². The van der Waals surface area contributed by atoms with Crippen LogP contribution >= 0.6 is 11.6 Å². The number of hydrogen-bond acceptors (Lipinski definition) is 3. The number of ether oxygens (including phenoxy) is 1. The van der Waals surface area contributed by atoms with E-state index in [1.165, 1.54) is 12.1 Å². The molecule has 0 bridgehead atoms. The van der Waals surface area contributed by atoms with Crippen molar-refractivity contribution in [2.24, 2.45) is 0 Å². The van der Waals surface area contributed by atoms with E-state index in [-0.39, 0.29) is 18.1 Å². The summed E-state index contributed by atoms with van der Waals surface area (Å²) in [6.07, 6.45) is 0. The Kier molecular flexibility index (Phi) is 5.00. The minimum Gasteiger partial charge on any atom is -0.497 e. The van der Waals surface area contributed by atoms with Crippen LogP contribution in [0.5, 0.6) is 5.75 Å². The van der Waals surface area contributed by atoms with Crippen LogP contribution in [0.3, 0.4) is 0 Å². The first-order valence-corrected chi connectivity index (χ1v) is 6.59. The van der Waals surface area contributed by atoms with E-state index in [1.54, 1.807) is 37.4 Å². The lowest BCUT2D eigenvalue weighted by Crippen LogP contribution is -2.22. The van der Waals surface area contributed by atoms with Gasteiger partial charge in [-0.3, -0.25) is 4.79 Å². The molecule has 2 N–H and O–H groups in total. The highest BCUT2D eigenvalue weighted by atomic mass is 35.5. The maximum absolute atomic E-state index is 13.5. The molecule has 0 spiro atoms. The SMILES string of the molecule is COc1ccc(NC(=O)CNc2ccc(Cl)cc2F)cc1. The van der Waals surface area contributed by atoms with Crippen LogP contribution in [0.4, 0.5) is 15.8 Å². The van der Waals surface area contributed by atoms with Gasteiger partial charge in [-0.2, -0.15) is 0 Å². The number of benzene rings is 2. The molecule has 4 nitrogen and oxygen atoms in total. The van der Waals surface area contributed by atoms with Crippen LogP contribution in [0.2, 0.25) is 5.02 Å². The van der Waals surface area contributed by atoms with Crippen molar-refractivity contribution in [3.8, 4) is 5.75 Å². The second-order valence-electron chi connectivity index (χ2n) is 4.25. The van der Waals surface area contributed by atoms with Gasteiger partial charge in [0.05, 0.1) is 19.3 Å². The lowest BCUT2D eigenvalue weighted by atomic mass is 10.3. The molecule has 21 heavy (non-hydrogen) atoms. The second kappa shape index (κ2) is 6.95. The summed E-state index contributed by atoms with van der Waals surface area (Å²) in [6.45, 7) is -0.0510. The Bertz CT molecular complexity index is 632. The predicted molar refractivity (Wildman–Crippen MR) is 81.5 cm³/mol. The third-order valence-corrected chi connectivity index (χ3v) is 2.98. The van der Waals surface area contributed by atoms with E-state index in [0.29, 0.717) is 16.5 Å². The highest BCUT2D eigenvalue weighted by molar-refractivity contribution is 6.30. The Labute approximate surface area is 126 Å². The fourth-order valence-electron chi connectivity index (χ4n) is 1.69. The summed E-state index contributed by atoms with van der Waals surface area (Å²) in [4.78, 5) is 11.8. The average molecular weight is 309 g/mol. The summed E-state index contributed by atoms with van der Waals surface area (Å²) < 4.78 is 18.5. The first-order valence-electron chi connectivity index (χ1n) is 6.21. The number of hydrogen-bond donors (Lipinski definition) is 2. The van der Waals surface area contributed by atoms with Crippen LogP contribution in [-0.2, 0) is 4.79 Å². The van der Waals surface area contributed by atoms with Crippen LogP contribution in [0.15, 0.2) is 42.5 Å². The fourth-order valence-corrected chi connectivity index (χ4v) is 1.85. The molecule has 0 radical (unpaired) electrons. The Balaban J connectivity index is 1.89. The molecule has 0 saturated heterocycles. The number of carbonyl (C=O) groups is 1.